The zero-order valence-corrected chi connectivity index (χ0v) is 13.9. The van der Waals surface area contributed by atoms with Crippen molar-refractivity contribution in [3.63, 3.8) is 0 Å². The van der Waals surface area contributed by atoms with Crippen LogP contribution in [0.25, 0.3) is 0 Å². The second-order valence-corrected chi connectivity index (χ2v) is 6.42. The Morgan fingerprint density at radius 3 is 2.43 bits per heavy atom. The van der Waals surface area contributed by atoms with E-state index in [4.69, 9.17) is 11.6 Å². The molecule has 1 atom stereocenters. The summed E-state index contributed by atoms with van der Waals surface area (Å²) < 4.78 is 2.17. The van der Waals surface area contributed by atoms with Crippen molar-refractivity contribution in [3.8, 4) is 0 Å². The third-order valence-electron chi connectivity index (χ3n) is 4.15. The summed E-state index contributed by atoms with van der Waals surface area (Å²) in [6.07, 6.45) is 9.10. The predicted octanol–water partition coefficient (Wildman–Crippen LogP) is 5.03. The first-order valence-electron chi connectivity index (χ1n) is 8.04. The largest absolute Gasteiger partial charge is 0.337 e. The highest BCUT2D eigenvalue weighted by molar-refractivity contribution is 6.30. The van der Waals surface area contributed by atoms with Crippen LogP contribution in [0, 0.1) is 5.92 Å². The molecule has 3 heteroatoms. The van der Waals surface area contributed by atoms with Crippen molar-refractivity contribution in [1.82, 2.24) is 9.55 Å². The third kappa shape index (κ3) is 4.97. The van der Waals surface area contributed by atoms with E-state index in [1.807, 2.05) is 30.9 Å². The van der Waals surface area contributed by atoms with Gasteiger partial charge in [-0.3, -0.25) is 0 Å². The molecule has 1 heterocycles. The number of nitrogens with zero attached hydrogens (tertiary/aromatic N) is 2. The minimum Gasteiger partial charge on any atom is -0.337 e. The molecule has 0 saturated heterocycles. The molecule has 0 saturated carbocycles. The van der Waals surface area contributed by atoms with Gasteiger partial charge in [0, 0.05) is 24.0 Å². The first-order chi connectivity index (χ1) is 11.3. The van der Waals surface area contributed by atoms with Gasteiger partial charge in [0.15, 0.2) is 0 Å². The summed E-state index contributed by atoms with van der Waals surface area (Å²) in [6, 6.07) is 18.9. The SMILES string of the molecule is Clc1ccc(CC(CCc2ccccc2)Cn2ccnc2)cc1. The summed E-state index contributed by atoms with van der Waals surface area (Å²) in [5, 5.41) is 0.796. The average molecular weight is 325 g/mol. The number of halogens is 1. The number of benzene rings is 2. The van der Waals surface area contributed by atoms with E-state index in [1.165, 1.54) is 11.1 Å². The summed E-state index contributed by atoms with van der Waals surface area (Å²) >= 11 is 5.99. The van der Waals surface area contributed by atoms with Crippen molar-refractivity contribution in [2.24, 2.45) is 5.92 Å². The summed E-state index contributed by atoms with van der Waals surface area (Å²) in [5.41, 5.74) is 2.74. The van der Waals surface area contributed by atoms with E-state index >= 15 is 0 Å². The maximum atomic E-state index is 5.99. The van der Waals surface area contributed by atoms with Gasteiger partial charge in [-0.25, -0.2) is 4.98 Å². The Morgan fingerprint density at radius 2 is 1.74 bits per heavy atom. The minimum absolute atomic E-state index is 0.575. The van der Waals surface area contributed by atoms with Crippen LogP contribution in [0.4, 0.5) is 0 Å². The Labute approximate surface area is 142 Å². The van der Waals surface area contributed by atoms with Gasteiger partial charge in [0.2, 0.25) is 0 Å². The van der Waals surface area contributed by atoms with Crippen molar-refractivity contribution in [1.29, 1.82) is 0 Å². The normalized spacial score (nSPS) is 12.2. The van der Waals surface area contributed by atoms with Crippen LogP contribution in [0.1, 0.15) is 17.5 Å². The molecule has 0 N–H and O–H groups in total. The smallest absolute Gasteiger partial charge is 0.0945 e. The van der Waals surface area contributed by atoms with Crippen molar-refractivity contribution < 1.29 is 0 Å². The molecule has 0 aliphatic rings. The van der Waals surface area contributed by atoms with E-state index in [-0.39, 0.29) is 0 Å². The van der Waals surface area contributed by atoms with Gasteiger partial charge >= 0.3 is 0 Å². The lowest BCUT2D eigenvalue weighted by Crippen LogP contribution is -2.14. The Kier molecular flexibility index (Phi) is 5.49. The zero-order chi connectivity index (χ0) is 15.9. The van der Waals surface area contributed by atoms with Crippen LogP contribution < -0.4 is 0 Å². The van der Waals surface area contributed by atoms with E-state index in [9.17, 15) is 0 Å². The Balaban J connectivity index is 1.66. The van der Waals surface area contributed by atoms with Crippen LogP contribution in [-0.4, -0.2) is 9.55 Å². The third-order valence-corrected chi connectivity index (χ3v) is 4.40. The zero-order valence-electron chi connectivity index (χ0n) is 13.1. The van der Waals surface area contributed by atoms with E-state index < -0.39 is 0 Å². The summed E-state index contributed by atoms with van der Waals surface area (Å²) in [4.78, 5) is 4.16. The quantitative estimate of drug-likeness (QED) is 0.596. The lowest BCUT2D eigenvalue weighted by Gasteiger charge is -2.18. The average Bonchev–Trinajstić information content (AvgIpc) is 3.09. The van der Waals surface area contributed by atoms with Crippen LogP contribution in [0.5, 0.6) is 0 Å². The first kappa shape index (κ1) is 15.8. The van der Waals surface area contributed by atoms with E-state index in [2.05, 4.69) is 52.0 Å². The van der Waals surface area contributed by atoms with Crippen molar-refractivity contribution in [3.05, 3.63) is 89.5 Å². The van der Waals surface area contributed by atoms with Gasteiger partial charge in [-0.15, -0.1) is 0 Å². The molecule has 0 aliphatic carbocycles. The highest BCUT2D eigenvalue weighted by Gasteiger charge is 2.11. The van der Waals surface area contributed by atoms with Crippen molar-refractivity contribution >= 4 is 11.6 Å². The maximum absolute atomic E-state index is 5.99. The van der Waals surface area contributed by atoms with Crippen LogP contribution in [0.15, 0.2) is 73.3 Å². The minimum atomic E-state index is 0.575. The molecule has 2 aromatic carbocycles. The molecule has 3 aromatic rings. The number of imidazole rings is 1. The number of aromatic nitrogens is 2. The molecule has 2 nitrogen and oxygen atoms in total. The molecule has 0 aliphatic heterocycles. The van der Waals surface area contributed by atoms with Gasteiger partial charge in [0.25, 0.3) is 0 Å². The van der Waals surface area contributed by atoms with Gasteiger partial charge in [-0.1, -0.05) is 54.1 Å². The highest BCUT2D eigenvalue weighted by atomic mass is 35.5. The molecule has 0 amide bonds. The van der Waals surface area contributed by atoms with Gasteiger partial charge in [-0.05, 0) is 48.4 Å². The first-order valence-corrected chi connectivity index (χ1v) is 8.41. The topological polar surface area (TPSA) is 17.8 Å². The number of aryl methyl sites for hydroxylation is 1. The second-order valence-electron chi connectivity index (χ2n) is 5.98. The lowest BCUT2D eigenvalue weighted by molar-refractivity contribution is 0.412. The highest BCUT2D eigenvalue weighted by Crippen LogP contribution is 2.19. The molecule has 23 heavy (non-hydrogen) atoms. The predicted molar refractivity (Wildman–Crippen MR) is 95.6 cm³/mol. The van der Waals surface area contributed by atoms with Crippen LogP contribution >= 0.6 is 11.6 Å². The van der Waals surface area contributed by atoms with Crippen molar-refractivity contribution in [2.75, 3.05) is 0 Å². The fourth-order valence-corrected chi connectivity index (χ4v) is 3.05. The van der Waals surface area contributed by atoms with E-state index in [0.717, 1.165) is 30.8 Å². The van der Waals surface area contributed by atoms with E-state index in [1.54, 1.807) is 0 Å². The van der Waals surface area contributed by atoms with Gasteiger partial charge < -0.3 is 4.57 Å². The molecule has 3 rings (SSSR count). The Morgan fingerprint density at radius 1 is 0.957 bits per heavy atom. The van der Waals surface area contributed by atoms with E-state index in [0.29, 0.717) is 5.92 Å². The Bertz CT molecular complexity index is 690. The molecule has 0 bridgehead atoms. The summed E-state index contributed by atoms with van der Waals surface area (Å²) in [7, 11) is 0. The molecule has 1 aromatic heterocycles. The molecule has 0 spiro atoms. The monoisotopic (exact) mass is 324 g/mol. The molecule has 118 valence electrons. The second kappa shape index (κ2) is 7.98. The van der Waals surface area contributed by atoms with Crippen molar-refractivity contribution in [2.45, 2.75) is 25.8 Å². The number of rotatable bonds is 7. The summed E-state index contributed by atoms with van der Waals surface area (Å²) in [5.74, 6) is 0.575. The van der Waals surface area contributed by atoms with Gasteiger partial charge in [0.1, 0.15) is 0 Å². The Hall–Kier alpha value is -2.06. The standard InChI is InChI=1S/C20H21ClN2/c21-20-10-8-18(9-11-20)14-19(15-23-13-12-22-16-23)7-6-17-4-2-1-3-5-17/h1-5,8-13,16,19H,6-7,14-15H2. The maximum Gasteiger partial charge on any atom is 0.0945 e. The fourth-order valence-electron chi connectivity index (χ4n) is 2.92. The van der Waals surface area contributed by atoms with Gasteiger partial charge in [0.05, 0.1) is 6.33 Å². The number of hydrogen-bond donors (Lipinski definition) is 0. The summed E-state index contributed by atoms with van der Waals surface area (Å²) in [6.45, 7) is 0.995. The van der Waals surface area contributed by atoms with Crippen LogP contribution in [0.2, 0.25) is 5.02 Å². The van der Waals surface area contributed by atoms with Gasteiger partial charge in [-0.2, -0.15) is 0 Å². The molecular weight excluding hydrogens is 304 g/mol. The van der Waals surface area contributed by atoms with Crippen LogP contribution in [0.3, 0.4) is 0 Å². The fraction of sp³-hybridized carbons (Fsp3) is 0.250. The molecule has 1 unspecified atom stereocenters. The lowest BCUT2D eigenvalue weighted by atomic mass is 9.92. The molecule has 0 radical (unpaired) electrons. The number of hydrogen-bond acceptors (Lipinski definition) is 1. The molecular formula is C20H21ClN2. The molecule has 0 fully saturated rings. The van der Waals surface area contributed by atoms with Crippen LogP contribution in [-0.2, 0) is 19.4 Å².